The van der Waals surface area contributed by atoms with Crippen molar-refractivity contribution in [2.24, 2.45) is 0 Å². The molecule has 0 radical (unpaired) electrons. The molecule has 0 unspecified atom stereocenters. The Morgan fingerprint density at radius 2 is 1.62 bits per heavy atom. The van der Waals surface area contributed by atoms with Gasteiger partial charge < -0.3 is 0 Å². The predicted molar refractivity (Wildman–Crippen MR) is 122 cm³/mol. The molecular weight excluding hydrogens is 421 g/mol. The molecule has 0 fully saturated rings. The molecule has 6 heteroatoms. The zero-order chi connectivity index (χ0) is 20.4. The fourth-order valence-corrected chi connectivity index (χ4v) is 4.42. The lowest BCUT2D eigenvalue weighted by Gasteiger charge is -2.14. The summed E-state index contributed by atoms with van der Waals surface area (Å²) in [5.74, 6) is 1.52. The summed E-state index contributed by atoms with van der Waals surface area (Å²) in [6.07, 6.45) is 0. The number of thioether (sulfide) groups is 1. The van der Waals surface area contributed by atoms with Gasteiger partial charge >= 0.3 is 0 Å². The first kappa shape index (κ1) is 20.0. The second-order valence-corrected chi connectivity index (χ2v) is 8.68. The average molecular weight is 440 g/mol. The quantitative estimate of drug-likeness (QED) is 0.309. The highest BCUT2D eigenvalue weighted by Crippen LogP contribution is 2.32. The highest BCUT2D eigenvalue weighted by atomic mass is 35.5. The van der Waals surface area contributed by atoms with E-state index in [2.05, 4.69) is 52.9 Å². The third kappa shape index (κ3) is 4.50. The Morgan fingerprint density at radius 1 is 0.862 bits per heavy atom. The molecule has 1 heterocycles. The third-order valence-electron chi connectivity index (χ3n) is 4.58. The van der Waals surface area contributed by atoms with Gasteiger partial charge in [-0.1, -0.05) is 71.4 Å². The van der Waals surface area contributed by atoms with Crippen molar-refractivity contribution in [3.8, 4) is 17.1 Å². The van der Waals surface area contributed by atoms with E-state index in [1.54, 1.807) is 11.8 Å². The summed E-state index contributed by atoms with van der Waals surface area (Å²) in [6, 6.07) is 22.0. The molecule has 0 spiro atoms. The fourth-order valence-electron chi connectivity index (χ4n) is 3.13. The number of halogens is 2. The van der Waals surface area contributed by atoms with Crippen molar-refractivity contribution in [2.45, 2.75) is 24.8 Å². The number of hydrogen-bond acceptors (Lipinski definition) is 3. The van der Waals surface area contributed by atoms with E-state index in [0.29, 0.717) is 5.02 Å². The number of aromatic nitrogens is 3. The molecule has 0 aliphatic carbocycles. The number of rotatable bonds is 5. The molecule has 146 valence electrons. The minimum absolute atomic E-state index is 0.672. The summed E-state index contributed by atoms with van der Waals surface area (Å²) in [5, 5.41) is 11.3. The maximum absolute atomic E-state index is 6.24. The smallest absolute Gasteiger partial charge is 0.196 e. The summed E-state index contributed by atoms with van der Waals surface area (Å²) in [7, 11) is 0. The maximum Gasteiger partial charge on any atom is 0.196 e. The number of aryl methyl sites for hydroxylation is 2. The maximum atomic E-state index is 6.24. The van der Waals surface area contributed by atoms with Crippen LogP contribution in [0.3, 0.4) is 0 Å². The van der Waals surface area contributed by atoms with Crippen LogP contribution < -0.4 is 0 Å². The number of nitrogens with zero attached hydrogens (tertiary/aromatic N) is 3. The molecule has 0 saturated heterocycles. The standard InChI is InChI=1S/C23H19Cl2N3S/c1-15-9-10-16(2)21(11-15)28-22(18-6-4-8-20(25)13-18)26-27-23(28)29-14-17-5-3-7-19(24)12-17/h3-13H,14H2,1-2H3. The fraction of sp³-hybridized carbons (Fsp3) is 0.130. The molecule has 0 amide bonds. The van der Waals surface area contributed by atoms with Gasteiger partial charge in [0.1, 0.15) is 0 Å². The van der Waals surface area contributed by atoms with E-state index in [1.807, 2.05) is 42.5 Å². The summed E-state index contributed by atoms with van der Waals surface area (Å²) in [6.45, 7) is 4.19. The lowest BCUT2D eigenvalue weighted by atomic mass is 10.1. The van der Waals surface area contributed by atoms with Crippen molar-refractivity contribution in [3.63, 3.8) is 0 Å². The molecule has 0 N–H and O–H groups in total. The third-order valence-corrected chi connectivity index (χ3v) is 6.05. The van der Waals surface area contributed by atoms with Gasteiger partial charge in [0, 0.05) is 21.4 Å². The largest absolute Gasteiger partial charge is 0.270 e. The van der Waals surface area contributed by atoms with Gasteiger partial charge in [-0.05, 0) is 60.9 Å². The molecule has 3 aromatic carbocycles. The summed E-state index contributed by atoms with van der Waals surface area (Å²) < 4.78 is 2.11. The summed E-state index contributed by atoms with van der Waals surface area (Å²) >= 11 is 14.0. The first-order valence-electron chi connectivity index (χ1n) is 9.17. The number of hydrogen-bond donors (Lipinski definition) is 0. The van der Waals surface area contributed by atoms with Crippen molar-refractivity contribution < 1.29 is 0 Å². The first-order valence-corrected chi connectivity index (χ1v) is 10.9. The van der Waals surface area contributed by atoms with Gasteiger partial charge in [-0.15, -0.1) is 10.2 Å². The molecule has 29 heavy (non-hydrogen) atoms. The molecular formula is C23H19Cl2N3S. The van der Waals surface area contributed by atoms with E-state index in [-0.39, 0.29) is 0 Å². The first-order chi connectivity index (χ1) is 14.0. The van der Waals surface area contributed by atoms with Crippen LogP contribution in [0.25, 0.3) is 17.1 Å². The van der Waals surface area contributed by atoms with Crippen LogP contribution in [-0.2, 0) is 5.75 Å². The Labute approximate surface area is 184 Å². The van der Waals surface area contributed by atoms with Crippen LogP contribution in [0.2, 0.25) is 10.0 Å². The lowest BCUT2D eigenvalue weighted by Crippen LogP contribution is -2.02. The molecule has 0 bridgehead atoms. The minimum Gasteiger partial charge on any atom is -0.270 e. The van der Waals surface area contributed by atoms with Crippen LogP contribution >= 0.6 is 35.0 Å². The zero-order valence-corrected chi connectivity index (χ0v) is 18.4. The van der Waals surface area contributed by atoms with Crippen LogP contribution in [0, 0.1) is 13.8 Å². The SMILES string of the molecule is Cc1ccc(C)c(-n2c(SCc3cccc(Cl)c3)nnc2-c2cccc(Cl)c2)c1. The molecule has 4 aromatic rings. The van der Waals surface area contributed by atoms with E-state index in [1.165, 1.54) is 5.56 Å². The van der Waals surface area contributed by atoms with Crippen molar-refractivity contribution in [1.29, 1.82) is 0 Å². The Kier molecular flexibility index (Phi) is 5.95. The van der Waals surface area contributed by atoms with Gasteiger partial charge in [0.15, 0.2) is 11.0 Å². The molecule has 3 nitrogen and oxygen atoms in total. The van der Waals surface area contributed by atoms with E-state index in [9.17, 15) is 0 Å². The van der Waals surface area contributed by atoms with Crippen LogP contribution in [0.5, 0.6) is 0 Å². The van der Waals surface area contributed by atoms with Crippen LogP contribution in [-0.4, -0.2) is 14.8 Å². The van der Waals surface area contributed by atoms with Crippen molar-refractivity contribution in [1.82, 2.24) is 14.8 Å². The van der Waals surface area contributed by atoms with Gasteiger partial charge in [0.05, 0.1) is 5.69 Å². The van der Waals surface area contributed by atoms with Gasteiger partial charge in [-0.2, -0.15) is 0 Å². The Balaban J connectivity index is 1.80. The molecule has 4 rings (SSSR count). The molecule has 0 aliphatic heterocycles. The molecule has 0 aliphatic rings. The highest BCUT2D eigenvalue weighted by molar-refractivity contribution is 7.98. The second kappa shape index (κ2) is 8.62. The van der Waals surface area contributed by atoms with Gasteiger partial charge in [-0.3, -0.25) is 4.57 Å². The van der Waals surface area contributed by atoms with Gasteiger partial charge in [0.25, 0.3) is 0 Å². The van der Waals surface area contributed by atoms with Crippen molar-refractivity contribution in [2.75, 3.05) is 0 Å². The van der Waals surface area contributed by atoms with Gasteiger partial charge in [-0.25, -0.2) is 0 Å². The van der Waals surface area contributed by atoms with Crippen LogP contribution in [0.4, 0.5) is 0 Å². The zero-order valence-electron chi connectivity index (χ0n) is 16.1. The summed E-state index contributed by atoms with van der Waals surface area (Å²) in [5.41, 5.74) is 5.48. The average Bonchev–Trinajstić information content (AvgIpc) is 3.12. The van der Waals surface area contributed by atoms with Crippen LogP contribution in [0.15, 0.2) is 71.9 Å². The second-order valence-electron chi connectivity index (χ2n) is 6.86. The lowest BCUT2D eigenvalue weighted by molar-refractivity contribution is 0.879. The van der Waals surface area contributed by atoms with Crippen LogP contribution in [0.1, 0.15) is 16.7 Å². The Hall–Kier alpha value is -2.27. The van der Waals surface area contributed by atoms with Gasteiger partial charge in [0.2, 0.25) is 0 Å². The van der Waals surface area contributed by atoms with E-state index < -0.39 is 0 Å². The summed E-state index contributed by atoms with van der Waals surface area (Å²) in [4.78, 5) is 0. The van der Waals surface area contributed by atoms with E-state index in [4.69, 9.17) is 23.2 Å². The minimum atomic E-state index is 0.672. The van der Waals surface area contributed by atoms with Crippen molar-refractivity contribution >= 4 is 35.0 Å². The monoisotopic (exact) mass is 439 g/mol. The topological polar surface area (TPSA) is 30.7 Å². The number of benzene rings is 3. The molecule has 0 saturated carbocycles. The highest BCUT2D eigenvalue weighted by Gasteiger charge is 2.18. The van der Waals surface area contributed by atoms with E-state index in [0.717, 1.165) is 44.1 Å². The van der Waals surface area contributed by atoms with E-state index >= 15 is 0 Å². The Bertz CT molecular complexity index is 1170. The molecule has 0 atom stereocenters. The Morgan fingerprint density at radius 3 is 2.38 bits per heavy atom. The predicted octanol–water partition coefficient (Wildman–Crippen LogP) is 7.15. The normalized spacial score (nSPS) is 11.0. The molecule has 1 aromatic heterocycles. The van der Waals surface area contributed by atoms with Crippen molar-refractivity contribution in [3.05, 3.63) is 93.5 Å².